The number of thiocarbonyl (C=S) groups is 2. The predicted octanol–water partition coefficient (Wildman–Crippen LogP) is 4.47. The molecule has 4 heterocycles. The number of fused-ring (bicyclic) bond motifs is 2. The number of amides is 4. The van der Waals surface area contributed by atoms with Crippen molar-refractivity contribution in [1.29, 1.82) is 0 Å². The van der Waals surface area contributed by atoms with Crippen LogP contribution in [0.3, 0.4) is 0 Å². The normalized spacial score (nSPS) is 18.3. The second-order valence-electron chi connectivity index (χ2n) is 10.4. The van der Waals surface area contributed by atoms with Crippen LogP contribution in [-0.2, 0) is 22.3 Å². The van der Waals surface area contributed by atoms with E-state index in [-0.39, 0.29) is 38.3 Å². The van der Waals surface area contributed by atoms with E-state index in [9.17, 15) is 19.2 Å². The standard InChI is InChI=1S/C14H16N4O4S.C14H13N3O4S.2CH4.H3N/c15-12(23)16-6-10-7-18(14(21)22-10)9-1-2-11-8(5-9)3-4-17(11)13(19)20;18-13(19)16-4-3-9-5-10(1-2-12(9)16)17-7-11(6-15-8-22)21-14(17)20;;;/h1-2,5,10H,3-4,6-7H2,(H,19,20)(H3,15,16,23);1-2,5,11H,3-4,6-7H2,(H,18,19);2*1H4;1H3/t10-;11-;;;/m00.../s1. The third kappa shape index (κ3) is 8.46. The van der Waals surface area contributed by atoms with Crippen molar-refractivity contribution in [2.45, 2.75) is 39.9 Å². The summed E-state index contributed by atoms with van der Waals surface area (Å²) in [7, 11) is 0. The van der Waals surface area contributed by atoms with Gasteiger partial charge >= 0.3 is 24.4 Å². The number of hydrogen-bond donors (Lipinski definition) is 5. The molecule has 2 fully saturated rings. The number of anilines is 4. The third-order valence-electron chi connectivity index (χ3n) is 7.61. The van der Waals surface area contributed by atoms with E-state index < -0.39 is 24.4 Å². The van der Waals surface area contributed by atoms with Crippen LogP contribution in [0.5, 0.6) is 0 Å². The Kier molecular flexibility index (Phi) is 13.6. The number of carbonyl (C=O) groups is 4. The molecule has 0 radical (unpaired) electrons. The molecule has 0 aliphatic carbocycles. The molecule has 2 aromatic rings. The molecule has 4 aliphatic heterocycles. The van der Waals surface area contributed by atoms with Crippen LogP contribution in [0.25, 0.3) is 0 Å². The Bertz CT molecular complexity index is 1600. The van der Waals surface area contributed by atoms with Gasteiger partial charge in [0.2, 0.25) is 0 Å². The van der Waals surface area contributed by atoms with Crippen molar-refractivity contribution in [3.05, 3.63) is 47.5 Å². The zero-order chi connectivity index (χ0) is 32.2. The molecule has 260 valence electrons. The highest BCUT2D eigenvalue weighted by atomic mass is 32.1. The minimum absolute atomic E-state index is 0. The fourth-order valence-electron chi connectivity index (χ4n) is 5.53. The molecule has 0 aromatic heterocycles. The van der Waals surface area contributed by atoms with Crippen LogP contribution in [0.1, 0.15) is 26.0 Å². The summed E-state index contributed by atoms with van der Waals surface area (Å²) in [6, 6.07) is 10.6. The highest BCUT2D eigenvalue weighted by Crippen LogP contribution is 2.34. The van der Waals surface area contributed by atoms with Gasteiger partial charge in [-0.3, -0.25) is 19.6 Å². The number of aliphatic imine (C=N–C) groups is 1. The van der Waals surface area contributed by atoms with E-state index in [2.05, 4.69) is 27.7 Å². The fourth-order valence-corrected chi connectivity index (χ4v) is 5.69. The first kappa shape index (κ1) is 39.1. The van der Waals surface area contributed by atoms with Gasteiger partial charge in [0.1, 0.15) is 12.2 Å². The van der Waals surface area contributed by atoms with Crippen molar-refractivity contribution >= 4 is 81.8 Å². The van der Waals surface area contributed by atoms with Gasteiger partial charge in [0.25, 0.3) is 0 Å². The molecule has 0 spiro atoms. The molecule has 16 nitrogen and oxygen atoms in total. The number of rotatable bonds is 6. The molecule has 0 saturated carbocycles. The van der Waals surface area contributed by atoms with Gasteiger partial charge in [0.05, 0.1) is 42.7 Å². The smallest absolute Gasteiger partial charge is 0.414 e. The van der Waals surface area contributed by atoms with Crippen molar-refractivity contribution < 1.29 is 38.9 Å². The van der Waals surface area contributed by atoms with Crippen molar-refractivity contribution in [3.8, 4) is 0 Å². The molecule has 18 heteroatoms. The maximum atomic E-state index is 12.0. The zero-order valence-corrected chi connectivity index (χ0v) is 26.1. The molecule has 0 unspecified atom stereocenters. The Hall–Kier alpha value is -5.03. The molecule has 0 bridgehead atoms. The second-order valence-corrected chi connectivity index (χ2v) is 11.0. The molecular formula is C30H40N8O8S2. The first-order valence-corrected chi connectivity index (χ1v) is 14.7. The van der Waals surface area contributed by atoms with Gasteiger partial charge in [-0.25, -0.2) is 24.2 Å². The Morgan fingerprint density at radius 3 is 1.79 bits per heavy atom. The fraction of sp³-hybridized carbons (Fsp3) is 0.400. The molecule has 2 aromatic carbocycles. The first-order chi connectivity index (χ1) is 21.5. The Morgan fingerprint density at radius 1 is 0.896 bits per heavy atom. The minimum Gasteiger partial charge on any atom is -0.465 e. The highest BCUT2D eigenvalue weighted by Gasteiger charge is 2.35. The largest absolute Gasteiger partial charge is 0.465 e. The maximum Gasteiger partial charge on any atom is 0.414 e. The average molecular weight is 705 g/mol. The van der Waals surface area contributed by atoms with Gasteiger partial charge in [-0.15, -0.1) is 0 Å². The van der Waals surface area contributed by atoms with E-state index in [0.29, 0.717) is 74.9 Å². The number of nitrogens with two attached hydrogens (primary N) is 1. The topological polar surface area (TPSA) is 226 Å². The molecule has 48 heavy (non-hydrogen) atoms. The molecule has 2 atom stereocenters. The molecular weight excluding hydrogens is 665 g/mol. The van der Waals surface area contributed by atoms with E-state index >= 15 is 0 Å². The van der Waals surface area contributed by atoms with E-state index in [1.165, 1.54) is 19.6 Å². The van der Waals surface area contributed by atoms with Gasteiger partial charge in [-0.05, 0) is 84.8 Å². The van der Waals surface area contributed by atoms with Crippen LogP contribution < -0.4 is 36.8 Å². The van der Waals surface area contributed by atoms with Crippen LogP contribution in [0.15, 0.2) is 41.4 Å². The van der Waals surface area contributed by atoms with Crippen LogP contribution in [0.2, 0.25) is 0 Å². The average Bonchev–Trinajstić information content (AvgIpc) is 3.79. The lowest BCUT2D eigenvalue weighted by molar-refractivity contribution is 0.142. The number of carboxylic acid groups (broad SMARTS) is 2. The van der Waals surface area contributed by atoms with Gasteiger partial charge < -0.3 is 36.9 Å². The van der Waals surface area contributed by atoms with Gasteiger partial charge in [-0.2, -0.15) is 0 Å². The highest BCUT2D eigenvalue weighted by molar-refractivity contribution is 7.80. The van der Waals surface area contributed by atoms with Crippen molar-refractivity contribution in [2.75, 3.05) is 58.9 Å². The summed E-state index contributed by atoms with van der Waals surface area (Å²) >= 11 is 9.23. The first-order valence-electron chi connectivity index (χ1n) is 13.9. The van der Waals surface area contributed by atoms with Crippen LogP contribution >= 0.6 is 24.4 Å². The number of nitrogens with one attached hydrogen (secondary N) is 1. The predicted molar refractivity (Wildman–Crippen MR) is 189 cm³/mol. The number of isothiocyanates is 1. The molecule has 4 aliphatic rings. The lowest BCUT2D eigenvalue weighted by Gasteiger charge is -2.16. The summed E-state index contributed by atoms with van der Waals surface area (Å²) in [5, 5.41) is 23.4. The van der Waals surface area contributed by atoms with Crippen molar-refractivity contribution in [3.63, 3.8) is 0 Å². The number of hydrogen-bond acceptors (Lipinski definition) is 10. The van der Waals surface area contributed by atoms with E-state index in [1.54, 1.807) is 24.3 Å². The molecule has 2 saturated heterocycles. The monoisotopic (exact) mass is 704 g/mol. The second kappa shape index (κ2) is 16.7. The Balaban J connectivity index is 0.000000314. The van der Waals surface area contributed by atoms with Crippen LogP contribution in [0, 0.1) is 0 Å². The summed E-state index contributed by atoms with van der Waals surface area (Å²) in [5.74, 6) is 0. The molecule has 6 rings (SSSR count). The van der Waals surface area contributed by atoms with E-state index in [4.69, 9.17) is 37.6 Å². The number of ether oxygens (including phenoxy) is 2. The SMILES string of the molecule is C.C.N.NC(=S)NC[C@H]1CN(c2ccc3c(c2)CCN3C(=O)O)C(=O)O1.O=C1O[C@@H](CN=C=S)CN1c1ccc2c(c1)CCN2C(=O)O. The Morgan fingerprint density at radius 2 is 1.35 bits per heavy atom. The summed E-state index contributed by atoms with van der Waals surface area (Å²) in [6.07, 6.45) is -2.22. The summed E-state index contributed by atoms with van der Waals surface area (Å²) in [6.45, 7) is 2.29. The summed E-state index contributed by atoms with van der Waals surface area (Å²) in [4.78, 5) is 55.6. The lowest BCUT2D eigenvalue weighted by Crippen LogP contribution is -2.37. The number of benzene rings is 2. The van der Waals surface area contributed by atoms with Crippen molar-refractivity contribution in [2.24, 2.45) is 10.7 Å². The van der Waals surface area contributed by atoms with Crippen molar-refractivity contribution in [1.82, 2.24) is 11.5 Å². The number of cyclic esters (lactones) is 2. The van der Waals surface area contributed by atoms with Gasteiger partial charge in [0, 0.05) is 24.5 Å². The molecule has 4 amide bonds. The van der Waals surface area contributed by atoms with Gasteiger partial charge in [0.15, 0.2) is 5.11 Å². The third-order valence-corrected chi connectivity index (χ3v) is 7.89. The summed E-state index contributed by atoms with van der Waals surface area (Å²) < 4.78 is 10.5. The maximum absolute atomic E-state index is 12.0. The summed E-state index contributed by atoms with van der Waals surface area (Å²) in [5.41, 5.74) is 9.91. The quantitative estimate of drug-likeness (QED) is 0.207. The molecule has 8 N–H and O–H groups in total. The van der Waals surface area contributed by atoms with E-state index in [0.717, 1.165) is 11.1 Å². The Labute approximate surface area is 288 Å². The van der Waals surface area contributed by atoms with E-state index in [1.807, 2.05) is 12.1 Å². The number of nitrogens with zero attached hydrogens (tertiary/aromatic N) is 5. The van der Waals surface area contributed by atoms with Crippen LogP contribution in [0.4, 0.5) is 41.9 Å². The number of carbonyl (C=O) groups excluding carboxylic acids is 2. The van der Waals surface area contributed by atoms with Crippen LogP contribution in [-0.4, -0.2) is 96.3 Å². The van der Waals surface area contributed by atoms with Gasteiger partial charge in [-0.1, -0.05) is 14.9 Å². The minimum atomic E-state index is -0.971. The zero-order valence-electron chi connectivity index (χ0n) is 24.5. The lowest BCUT2D eigenvalue weighted by atomic mass is 10.1.